The van der Waals surface area contributed by atoms with Crippen molar-refractivity contribution in [3.05, 3.63) is 292 Å². The van der Waals surface area contributed by atoms with E-state index in [0.29, 0.717) is 54.7 Å². The lowest BCUT2D eigenvalue weighted by atomic mass is 10.1. The highest BCUT2D eigenvalue weighted by molar-refractivity contribution is 5.98. The molecule has 9 aromatic rings. The van der Waals surface area contributed by atoms with E-state index in [1.54, 1.807) is 48.5 Å². The van der Waals surface area contributed by atoms with Crippen LogP contribution in [-0.2, 0) is 152 Å². The van der Waals surface area contributed by atoms with Crippen molar-refractivity contribution in [1.82, 2.24) is 0 Å². The second kappa shape index (κ2) is 64.6. The first-order valence-corrected chi connectivity index (χ1v) is 39.8. The lowest BCUT2D eigenvalue weighted by Gasteiger charge is -2.08. The number of hydrogen-bond acceptors (Lipinski definition) is 35. The number of aliphatic hydroxyl groups is 4. The standard InChI is InChI=1S/C25H25NO4.C19H19NO6.C14H14O8.C13H15NO7.C12H13NO6.C11H13NO4/c27-24(18-29-16-21-7-3-1-4-8-21)15-20-11-13-23(14-12-20)26-25(28)19-30-17-22-9-5-2-6-10-22;1-24-18(22)13-26-19(23)15-7-9-16(10-8-15)20-17(21)12-25-11-14-5-3-2-4-6-14;1-19-11(15)7-21-13(17)9-3-5-10(6-4-9)14(18)22-8-12(16)20-2;1-19-11(16)8-21-12(17)9-2-4-10(5-3-9)14-13(18)20-7-6-15;1-18-11(16)7-19-12(17)8-2-4-9(5-3-8)13-10(15)6-14;13-6-10(15)5-8-1-3-9(4-2-8)12-11(16)7-14/h1-14H,15-19H2,(H,26,28);2-10H,11-13H2,1H3,(H,20,21);3-6H,7-8H2,1-2H3;2-5,15H,6-8H2,1H3,(H,14,18);2-5,14H,6-7H2,1H3,(H,13,15);1-4,13-14H,5-7H2,(H,12,16). The third-order valence-electron chi connectivity index (χ3n) is 16.4. The van der Waals surface area contributed by atoms with E-state index in [1.165, 1.54) is 120 Å². The Balaban J connectivity index is 0.000000340. The van der Waals surface area contributed by atoms with Gasteiger partial charge in [-0.1, -0.05) is 115 Å². The van der Waals surface area contributed by atoms with Crippen molar-refractivity contribution in [3.63, 3.8) is 0 Å². The number of ether oxygens (including phenoxy) is 14. The minimum Gasteiger partial charge on any atom is -0.466 e. The van der Waals surface area contributed by atoms with Gasteiger partial charge >= 0.3 is 65.8 Å². The van der Waals surface area contributed by atoms with Crippen molar-refractivity contribution in [1.29, 1.82) is 0 Å². The van der Waals surface area contributed by atoms with Crippen molar-refractivity contribution in [2.75, 3.05) is 148 Å². The van der Waals surface area contributed by atoms with E-state index in [1.807, 2.05) is 103 Å². The van der Waals surface area contributed by atoms with Crippen molar-refractivity contribution in [2.45, 2.75) is 32.7 Å². The minimum absolute atomic E-state index is 0.0111. The molecule has 0 unspecified atom stereocenters. The molecule has 0 heterocycles. The highest BCUT2D eigenvalue weighted by atomic mass is 16.6. The van der Waals surface area contributed by atoms with Crippen LogP contribution in [-0.4, -0.2) is 243 Å². The Morgan fingerprint density at radius 1 is 0.239 bits per heavy atom. The molecule has 9 aromatic carbocycles. The van der Waals surface area contributed by atoms with Crippen LogP contribution in [0, 0.1) is 0 Å². The van der Waals surface area contributed by atoms with Crippen LogP contribution < -0.4 is 26.6 Å². The first-order chi connectivity index (χ1) is 64.5. The molecule has 0 spiro atoms. The number of hydrogen-bond donors (Lipinski definition) is 9. The number of methoxy groups -OCH3 is 5. The van der Waals surface area contributed by atoms with Crippen LogP contribution >= 0.6 is 0 Å². The van der Waals surface area contributed by atoms with Crippen LogP contribution in [0.3, 0.4) is 0 Å². The molecule has 40 nitrogen and oxygen atoms in total. The zero-order chi connectivity index (χ0) is 98.2. The highest BCUT2D eigenvalue weighted by Gasteiger charge is 2.19. The van der Waals surface area contributed by atoms with E-state index < -0.39 is 130 Å². The summed E-state index contributed by atoms with van der Waals surface area (Å²) < 4.78 is 66.1. The van der Waals surface area contributed by atoms with Crippen LogP contribution in [0.25, 0.3) is 0 Å². The molecule has 0 atom stereocenters. The maximum Gasteiger partial charge on any atom is 0.411 e. The fraction of sp³-hybridized carbons (Fsp3) is 0.245. The molecule has 710 valence electrons. The average Bonchev–Trinajstić information content (AvgIpc) is 0.964. The molecule has 0 aliphatic rings. The first-order valence-electron chi connectivity index (χ1n) is 39.8. The van der Waals surface area contributed by atoms with Gasteiger partial charge in [0.15, 0.2) is 44.6 Å². The average molecular weight is 1860 g/mol. The molecule has 0 aliphatic carbocycles. The van der Waals surface area contributed by atoms with Gasteiger partial charge in [0.2, 0.25) is 23.6 Å². The largest absolute Gasteiger partial charge is 0.466 e. The van der Waals surface area contributed by atoms with Gasteiger partial charge in [-0.2, -0.15) is 0 Å². The number of rotatable bonds is 41. The number of nitrogens with one attached hydrogen (secondary N) is 5. The lowest BCUT2D eigenvalue weighted by molar-refractivity contribution is -0.144. The van der Waals surface area contributed by atoms with Gasteiger partial charge in [0.1, 0.15) is 46.2 Å². The summed E-state index contributed by atoms with van der Waals surface area (Å²) in [5.41, 5.74) is 8.25. The van der Waals surface area contributed by atoms with Crippen LogP contribution in [0.4, 0.5) is 33.2 Å². The van der Waals surface area contributed by atoms with Gasteiger partial charge in [0, 0.05) is 41.3 Å². The third kappa shape index (κ3) is 47.8. The summed E-state index contributed by atoms with van der Waals surface area (Å²) in [7, 11) is 5.92. The van der Waals surface area contributed by atoms with Crippen LogP contribution in [0.15, 0.2) is 237 Å². The zero-order valence-electron chi connectivity index (χ0n) is 73.2. The van der Waals surface area contributed by atoms with Crippen LogP contribution in [0.2, 0.25) is 0 Å². The van der Waals surface area contributed by atoms with Crippen molar-refractivity contribution in [3.8, 4) is 0 Å². The zero-order valence-corrected chi connectivity index (χ0v) is 73.2. The summed E-state index contributed by atoms with van der Waals surface area (Å²) in [5.74, 6) is -8.62. The number of benzene rings is 9. The Morgan fingerprint density at radius 2 is 0.478 bits per heavy atom. The quantitative estimate of drug-likeness (QED) is 0.0139. The van der Waals surface area contributed by atoms with Gasteiger partial charge in [0.25, 0.3) is 0 Å². The molecule has 134 heavy (non-hydrogen) atoms. The summed E-state index contributed by atoms with van der Waals surface area (Å²) in [6, 6.07) is 65.8. The topological polar surface area (TPSA) is 560 Å². The summed E-state index contributed by atoms with van der Waals surface area (Å²) in [4.78, 5) is 192. The number of ketones is 2. The summed E-state index contributed by atoms with van der Waals surface area (Å²) >= 11 is 0. The van der Waals surface area contributed by atoms with Gasteiger partial charge in [-0.05, 0) is 149 Å². The Morgan fingerprint density at radius 3 is 0.731 bits per heavy atom. The van der Waals surface area contributed by atoms with Gasteiger partial charge in [-0.15, -0.1) is 0 Å². The Kier molecular flexibility index (Phi) is 53.1. The molecule has 9 N–H and O–H groups in total. The molecule has 40 heteroatoms. The number of esters is 10. The molecule has 0 aromatic heterocycles. The number of carbonyl (C=O) groups excluding carboxylic acids is 17. The van der Waals surface area contributed by atoms with E-state index in [9.17, 15) is 81.5 Å². The molecular formula is C94H99N5O35. The number of Topliss-reactive ketones (excluding diaryl/α,β-unsaturated/α-hetero) is 2. The molecule has 0 aliphatic heterocycles. The summed E-state index contributed by atoms with van der Waals surface area (Å²) in [6.07, 6.45) is -0.251. The van der Waals surface area contributed by atoms with Gasteiger partial charge in [0.05, 0.1) is 89.8 Å². The second-order valence-corrected chi connectivity index (χ2v) is 26.5. The minimum atomic E-state index is -0.736. The number of amides is 5. The Labute approximate surface area is 767 Å². The Bertz CT molecular complexity index is 5060. The smallest absolute Gasteiger partial charge is 0.411 e. The summed E-state index contributed by atoms with van der Waals surface area (Å²) in [5, 5.41) is 46.9. The SMILES string of the molecule is COC(=O)COC(=O)c1ccc(C(=O)OCC(=O)OC)cc1.COC(=O)COC(=O)c1ccc(NC(=O)CO)cc1.COC(=O)COC(=O)c1ccc(NC(=O)COCc2ccccc2)cc1.COC(=O)COC(=O)c1ccc(NC(=O)OCCO)cc1.O=C(CO)Cc1ccc(NC(=O)CO)cc1.O=C(COCc1ccccc1)Cc1ccc(NC(=O)COCc2ccccc2)cc1. The van der Waals surface area contributed by atoms with Crippen molar-refractivity contribution >= 4 is 129 Å². The fourth-order valence-electron chi connectivity index (χ4n) is 9.74. The van der Waals surface area contributed by atoms with Gasteiger partial charge in [-0.25, -0.2) is 52.7 Å². The second-order valence-electron chi connectivity index (χ2n) is 26.5. The van der Waals surface area contributed by atoms with Crippen LogP contribution in [0.1, 0.15) is 79.6 Å². The molecular weight excluding hydrogens is 1760 g/mol. The van der Waals surface area contributed by atoms with E-state index in [-0.39, 0.29) is 90.7 Å². The molecule has 9 rings (SSSR count). The van der Waals surface area contributed by atoms with Crippen LogP contribution in [0.5, 0.6) is 0 Å². The number of anilines is 5. The van der Waals surface area contributed by atoms with Crippen molar-refractivity contribution < 1.29 is 168 Å². The lowest BCUT2D eigenvalue weighted by Crippen LogP contribution is -2.18. The monoisotopic (exact) mass is 1860 g/mol. The molecule has 0 radical (unpaired) electrons. The third-order valence-corrected chi connectivity index (χ3v) is 16.4. The van der Waals surface area contributed by atoms with E-state index in [2.05, 4.69) is 69.2 Å². The predicted molar refractivity (Wildman–Crippen MR) is 474 cm³/mol. The van der Waals surface area contributed by atoms with Gasteiger partial charge < -0.3 is 108 Å². The number of carbonyl (C=O) groups is 17. The molecule has 5 amide bonds. The molecule has 0 saturated heterocycles. The van der Waals surface area contributed by atoms with E-state index in [0.717, 1.165) is 27.8 Å². The van der Waals surface area contributed by atoms with Crippen molar-refractivity contribution in [2.24, 2.45) is 0 Å². The predicted octanol–water partition coefficient (Wildman–Crippen LogP) is 6.91. The number of aliphatic hydroxyl groups excluding tert-OH is 4. The maximum absolute atomic E-state index is 12.1. The Hall–Kier alpha value is -16.1. The maximum atomic E-state index is 12.1. The van der Waals surface area contributed by atoms with E-state index >= 15 is 0 Å². The molecule has 0 bridgehead atoms. The molecule has 0 saturated carbocycles. The highest BCUT2D eigenvalue weighted by Crippen LogP contribution is 2.18. The fourth-order valence-corrected chi connectivity index (χ4v) is 9.74. The first kappa shape index (κ1) is 110. The normalized spacial score (nSPS) is 9.92. The van der Waals surface area contributed by atoms with E-state index in [4.69, 9.17) is 44.1 Å². The summed E-state index contributed by atoms with van der Waals surface area (Å²) in [6.45, 7) is -3.29. The van der Waals surface area contributed by atoms with Gasteiger partial charge in [-0.3, -0.25) is 34.1 Å². The molecule has 0 fully saturated rings.